The predicted molar refractivity (Wildman–Crippen MR) is 313 cm³/mol. The Balaban J connectivity index is 1.68. The number of fused-ring (bicyclic) bond motifs is 1. The molecule has 75 heavy (non-hydrogen) atoms. The average molecular weight is 1050 g/mol. The van der Waals surface area contributed by atoms with Gasteiger partial charge >= 0.3 is 0 Å². The zero-order valence-corrected chi connectivity index (χ0v) is 48.4. The normalized spacial score (nSPS) is 13.5. The van der Waals surface area contributed by atoms with Crippen molar-refractivity contribution in [1.29, 1.82) is 0 Å². The number of hydrogen-bond acceptors (Lipinski definition) is 9. The van der Waals surface area contributed by atoms with E-state index in [1.165, 1.54) is 167 Å². The molecular formula is C66H108O9. The summed E-state index contributed by atoms with van der Waals surface area (Å²) >= 11 is 0. The Morgan fingerprint density at radius 1 is 0.280 bits per heavy atom. The number of unbranched alkanes of at least 4 members (excludes halogenated alkanes) is 28. The van der Waals surface area contributed by atoms with Crippen LogP contribution in [-0.4, -0.2) is 79.3 Å². The molecule has 0 aromatic heterocycles. The Hall–Kier alpha value is -3.66. The van der Waals surface area contributed by atoms with Gasteiger partial charge in [0.2, 0.25) is 0 Å². The summed E-state index contributed by atoms with van der Waals surface area (Å²) < 4.78 is 57.1. The molecule has 0 unspecified atom stereocenters. The number of rotatable bonds is 42. The van der Waals surface area contributed by atoms with E-state index in [9.17, 15) is 0 Å². The van der Waals surface area contributed by atoms with Crippen LogP contribution in [0.25, 0.3) is 22.3 Å². The Morgan fingerprint density at radius 2 is 0.533 bits per heavy atom. The third-order valence-electron chi connectivity index (χ3n) is 14.3. The van der Waals surface area contributed by atoms with Crippen LogP contribution >= 0.6 is 0 Å². The predicted octanol–water partition coefficient (Wildman–Crippen LogP) is 18.9. The molecule has 0 fully saturated rings. The van der Waals surface area contributed by atoms with Crippen LogP contribution in [0.4, 0.5) is 0 Å². The van der Waals surface area contributed by atoms with Crippen molar-refractivity contribution < 1.29 is 42.6 Å². The van der Waals surface area contributed by atoms with Gasteiger partial charge in [0, 0.05) is 0 Å². The molecule has 1 aliphatic heterocycles. The Kier molecular flexibility index (Phi) is 37.8. The molecule has 0 amide bonds. The molecule has 1 heterocycles. The summed E-state index contributed by atoms with van der Waals surface area (Å²) in [6.45, 7) is 15.4. The highest BCUT2D eigenvalue weighted by Crippen LogP contribution is 2.45. The fourth-order valence-corrected chi connectivity index (χ4v) is 9.71. The van der Waals surface area contributed by atoms with E-state index in [4.69, 9.17) is 42.6 Å². The first-order valence-corrected chi connectivity index (χ1v) is 31.1. The fourth-order valence-electron chi connectivity index (χ4n) is 9.71. The lowest BCUT2D eigenvalue weighted by atomic mass is 9.93. The number of hydrogen-bond donors (Lipinski definition) is 0. The molecule has 0 spiro atoms. The lowest BCUT2D eigenvalue weighted by Gasteiger charge is -2.20. The van der Waals surface area contributed by atoms with Crippen LogP contribution in [0.2, 0.25) is 0 Å². The van der Waals surface area contributed by atoms with Gasteiger partial charge < -0.3 is 42.6 Å². The second-order valence-corrected chi connectivity index (χ2v) is 21.0. The molecule has 0 saturated carbocycles. The first-order chi connectivity index (χ1) is 37.2. The van der Waals surface area contributed by atoms with Gasteiger partial charge in [-0.15, -0.1) is 0 Å². The minimum absolute atomic E-state index is 0.367. The van der Waals surface area contributed by atoms with Gasteiger partial charge in [0.15, 0.2) is 34.5 Å². The summed E-state index contributed by atoms with van der Waals surface area (Å²) in [7, 11) is 0. The van der Waals surface area contributed by atoms with Crippen molar-refractivity contribution in [3.05, 3.63) is 48.5 Å². The molecule has 0 N–H and O–H groups in total. The van der Waals surface area contributed by atoms with Crippen LogP contribution in [0.3, 0.4) is 0 Å². The van der Waals surface area contributed by atoms with Gasteiger partial charge in [-0.2, -0.15) is 0 Å². The summed E-state index contributed by atoms with van der Waals surface area (Å²) in [6, 6.07) is 17.1. The minimum Gasteiger partial charge on any atom is -0.490 e. The maximum absolute atomic E-state index is 6.72. The SMILES string of the molecule is CCCCCCCCCCOc1ccc(-c2cc3c(cc2-c2ccc(OCCCCCCCCCC)c(OCCCCCCCCCC)c2)OCCOCCOCCOCCO3)cc1OCCCCCCCCCC. The topological polar surface area (TPSA) is 83.1 Å². The first kappa shape index (κ1) is 63.9. The van der Waals surface area contributed by atoms with E-state index >= 15 is 0 Å². The molecule has 0 saturated heterocycles. The number of ether oxygens (including phenoxy) is 9. The van der Waals surface area contributed by atoms with Crippen molar-refractivity contribution in [2.24, 2.45) is 0 Å². The van der Waals surface area contributed by atoms with Gasteiger partial charge in [0.05, 0.1) is 66.1 Å². The molecule has 9 nitrogen and oxygen atoms in total. The highest BCUT2D eigenvalue weighted by Gasteiger charge is 2.20. The van der Waals surface area contributed by atoms with Crippen LogP contribution in [-0.2, 0) is 14.2 Å². The van der Waals surface area contributed by atoms with E-state index in [0.29, 0.717) is 90.8 Å². The van der Waals surface area contributed by atoms with Crippen molar-refractivity contribution in [2.75, 3.05) is 79.3 Å². The Labute approximate surface area is 458 Å². The van der Waals surface area contributed by atoms with E-state index in [1.807, 2.05) is 0 Å². The van der Waals surface area contributed by atoms with E-state index in [0.717, 1.165) is 83.8 Å². The van der Waals surface area contributed by atoms with E-state index < -0.39 is 0 Å². The molecule has 3 aromatic rings. The van der Waals surface area contributed by atoms with Crippen molar-refractivity contribution in [3.8, 4) is 56.8 Å². The monoisotopic (exact) mass is 1040 g/mol. The first-order valence-electron chi connectivity index (χ1n) is 31.1. The molecule has 0 aliphatic carbocycles. The molecule has 9 heteroatoms. The zero-order chi connectivity index (χ0) is 52.9. The summed E-state index contributed by atoms with van der Waals surface area (Å²) in [4.78, 5) is 0. The molecule has 0 radical (unpaired) electrons. The van der Waals surface area contributed by atoms with E-state index in [2.05, 4.69) is 76.2 Å². The Bertz CT molecular complexity index is 1690. The quantitative estimate of drug-likeness (QED) is 0.0515. The molecule has 426 valence electrons. The van der Waals surface area contributed by atoms with Crippen LogP contribution < -0.4 is 28.4 Å². The van der Waals surface area contributed by atoms with Crippen LogP contribution in [0.5, 0.6) is 34.5 Å². The summed E-state index contributed by atoms with van der Waals surface area (Å²) in [6.07, 6.45) is 40.1. The average Bonchev–Trinajstić information content (AvgIpc) is 3.44. The van der Waals surface area contributed by atoms with Gasteiger partial charge in [0.1, 0.15) is 13.2 Å². The molecule has 0 bridgehead atoms. The van der Waals surface area contributed by atoms with Crippen LogP contribution in [0, 0.1) is 0 Å². The molecular weight excluding hydrogens is 937 g/mol. The van der Waals surface area contributed by atoms with Crippen molar-refractivity contribution in [3.63, 3.8) is 0 Å². The van der Waals surface area contributed by atoms with Crippen molar-refractivity contribution in [1.82, 2.24) is 0 Å². The second kappa shape index (κ2) is 44.3. The standard InChI is InChI=1S/C66H108O9/c1-5-9-13-17-21-25-29-33-41-70-61-39-37-57(53-63(61)72-43-35-31-27-23-19-15-11-7-3)59-55-65-66(75-52-50-69-48-46-67-45-47-68-49-51-74-65)56-60(59)58-38-40-62(71-42-34-30-26-22-18-14-10-6-2)64(54-58)73-44-36-32-28-24-20-16-12-8-4/h37-40,53-56H,5-36,41-52H2,1-4H3. The highest BCUT2D eigenvalue weighted by atomic mass is 16.6. The Morgan fingerprint density at radius 3 is 0.827 bits per heavy atom. The maximum Gasteiger partial charge on any atom is 0.161 e. The molecule has 4 rings (SSSR count). The fraction of sp³-hybridized carbons (Fsp3) is 0.727. The second-order valence-electron chi connectivity index (χ2n) is 21.0. The summed E-state index contributed by atoms with van der Waals surface area (Å²) in [5.74, 6) is 4.45. The maximum atomic E-state index is 6.72. The van der Waals surface area contributed by atoms with Gasteiger partial charge in [-0.1, -0.05) is 220 Å². The van der Waals surface area contributed by atoms with E-state index in [-0.39, 0.29) is 0 Å². The highest BCUT2D eigenvalue weighted by molar-refractivity contribution is 5.87. The largest absolute Gasteiger partial charge is 0.490 e. The molecule has 3 aromatic carbocycles. The smallest absolute Gasteiger partial charge is 0.161 e. The third kappa shape index (κ3) is 29.1. The third-order valence-corrected chi connectivity index (χ3v) is 14.3. The number of benzene rings is 3. The van der Waals surface area contributed by atoms with Gasteiger partial charge in [0.25, 0.3) is 0 Å². The summed E-state index contributed by atoms with van der Waals surface area (Å²) in [5, 5.41) is 0. The summed E-state index contributed by atoms with van der Waals surface area (Å²) in [5.41, 5.74) is 4.00. The van der Waals surface area contributed by atoms with Crippen LogP contribution in [0.1, 0.15) is 233 Å². The van der Waals surface area contributed by atoms with Crippen molar-refractivity contribution in [2.45, 2.75) is 233 Å². The molecule has 1 aliphatic rings. The zero-order valence-electron chi connectivity index (χ0n) is 48.4. The van der Waals surface area contributed by atoms with E-state index in [1.54, 1.807) is 0 Å². The minimum atomic E-state index is 0.367. The molecule has 0 atom stereocenters. The lowest BCUT2D eigenvalue weighted by molar-refractivity contribution is 0.00708. The van der Waals surface area contributed by atoms with Gasteiger partial charge in [-0.3, -0.25) is 0 Å². The van der Waals surface area contributed by atoms with Gasteiger partial charge in [-0.25, -0.2) is 0 Å². The van der Waals surface area contributed by atoms with Gasteiger partial charge in [-0.05, 0) is 84.3 Å². The lowest BCUT2D eigenvalue weighted by Crippen LogP contribution is -2.13. The van der Waals surface area contributed by atoms with Crippen molar-refractivity contribution >= 4 is 0 Å². The van der Waals surface area contributed by atoms with Crippen LogP contribution in [0.15, 0.2) is 48.5 Å².